The molecule has 2 aliphatic heterocycles. The van der Waals surface area contributed by atoms with E-state index in [1.807, 2.05) is 4.90 Å². The highest BCUT2D eigenvalue weighted by Crippen LogP contribution is 2.41. The van der Waals surface area contributed by atoms with Gasteiger partial charge in [-0.1, -0.05) is 6.07 Å². The molecule has 1 fully saturated rings. The molecule has 234 valence electrons. The standard InChI is InChI=1S/C29H28F4N4O6S/c1-2-43-23-11-18(10-21(30)14-23)19-12-25-28(34-15-19)36-9-8-35(26(38)6-7-27(39)40)16-22(36)17-37(25)44(41,42)24-5-3-4-20(13-24)29(31,32)33/h3-5,10-15,22H,2,6-9,16-17H2,1H3,(H,39,40)/t22-/m0/s1. The van der Waals surface area contributed by atoms with Crippen molar-refractivity contribution in [1.29, 1.82) is 0 Å². The highest BCUT2D eigenvalue weighted by molar-refractivity contribution is 7.92. The Bertz CT molecular complexity index is 1700. The van der Waals surface area contributed by atoms with Gasteiger partial charge in [-0.25, -0.2) is 17.8 Å². The van der Waals surface area contributed by atoms with Crippen molar-refractivity contribution in [2.75, 3.05) is 42.0 Å². The molecular weight excluding hydrogens is 608 g/mol. The minimum atomic E-state index is -4.79. The quantitative estimate of drug-likeness (QED) is 0.362. The van der Waals surface area contributed by atoms with Crippen LogP contribution in [0.3, 0.4) is 0 Å². The number of halogens is 4. The third-order valence-corrected chi connectivity index (χ3v) is 9.19. The lowest BCUT2D eigenvalue weighted by Crippen LogP contribution is -2.61. The van der Waals surface area contributed by atoms with Crippen LogP contribution in [-0.4, -0.2) is 74.1 Å². The summed E-state index contributed by atoms with van der Waals surface area (Å²) < 4.78 is 89.4. The molecule has 0 unspecified atom stereocenters. The minimum absolute atomic E-state index is 0.0392. The maximum absolute atomic E-state index is 14.4. The summed E-state index contributed by atoms with van der Waals surface area (Å²) in [7, 11) is -4.61. The smallest absolute Gasteiger partial charge is 0.416 e. The van der Waals surface area contributed by atoms with E-state index in [0.29, 0.717) is 17.2 Å². The Morgan fingerprint density at radius 2 is 1.82 bits per heavy atom. The van der Waals surface area contributed by atoms with Crippen LogP contribution in [-0.2, 0) is 25.8 Å². The Morgan fingerprint density at radius 1 is 1.05 bits per heavy atom. The fourth-order valence-electron chi connectivity index (χ4n) is 5.35. The number of amides is 1. The number of fused-ring (bicyclic) bond motifs is 3. The van der Waals surface area contributed by atoms with Gasteiger partial charge < -0.3 is 19.6 Å². The topological polar surface area (TPSA) is 120 Å². The van der Waals surface area contributed by atoms with Crippen molar-refractivity contribution in [3.8, 4) is 16.9 Å². The van der Waals surface area contributed by atoms with Crippen LogP contribution < -0.4 is 13.9 Å². The third-order valence-electron chi connectivity index (χ3n) is 7.42. The van der Waals surface area contributed by atoms with Crippen LogP contribution in [0.4, 0.5) is 29.1 Å². The highest BCUT2D eigenvalue weighted by atomic mass is 32.2. The van der Waals surface area contributed by atoms with E-state index in [4.69, 9.17) is 9.84 Å². The van der Waals surface area contributed by atoms with Crippen LogP contribution in [0, 0.1) is 5.82 Å². The minimum Gasteiger partial charge on any atom is -0.494 e. The van der Waals surface area contributed by atoms with E-state index in [2.05, 4.69) is 4.98 Å². The van der Waals surface area contributed by atoms with E-state index < -0.39 is 50.4 Å². The summed E-state index contributed by atoms with van der Waals surface area (Å²) in [5.41, 5.74) is -0.380. The van der Waals surface area contributed by atoms with Crippen molar-refractivity contribution in [3.05, 3.63) is 66.1 Å². The van der Waals surface area contributed by atoms with Crippen molar-refractivity contribution in [3.63, 3.8) is 0 Å². The normalized spacial score (nSPS) is 16.8. The summed E-state index contributed by atoms with van der Waals surface area (Å²) in [6, 6.07) is 8.24. The Kier molecular flexibility index (Phi) is 8.42. The summed E-state index contributed by atoms with van der Waals surface area (Å²) in [5, 5.41) is 8.96. The van der Waals surface area contributed by atoms with Gasteiger partial charge in [0.05, 0.1) is 41.8 Å². The third kappa shape index (κ3) is 6.27. The average Bonchev–Trinajstić information content (AvgIpc) is 2.98. The molecule has 0 bridgehead atoms. The van der Waals surface area contributed by atoms with Gasteiger partial charge in [-0.15, -0.1) is 0 Å². The zero-order chi connectivity index (χ0) is 31.8. The number of ether oxygens (including phenoxy) is 1. The molecule has 2 aliphatic rings. The first-order valence-electron chi connectivity index (χ1n) is 13.7. The second-order valence-electron chi connectivity index (χ2n) is 10.3. The van der Waals surface area contributed by atoms with E-state index >= 15 is 0 Å². The number of piperazine rings is 1. The monoisotopic (exact) mass is 636 g/mol. The van der Waals surface area contributed by atoms with Crippen LogP contribution in [0.25, 0.3) is 11.1 Å². The number of benzene rings is 2. The molecule has 10 nitrogen and oxygen atoms in total. The van der Waals surface area contributed by atoms with Gasteiger partial charge in [-0.05, 0) is 48.9 Å². The molecule has 0 aliphatic carbocycles. The van der Waals surface area contributed by atoms with E-state index in [0.717, 1.165) is 22.5 Å². The molecule has 5 rings (SSSR count). The summed E-state index contributed by atoms with van der Waals surface area (Å²) in [6.07, 6.45) is -3.94. The number of carboxylic acid groups (broad SMARTS) is 1. The van der Waals surface area contributed by atoms with Crippen LogP contribution in [0.15, 0.2) is 59.6 Å². The molecule has 44 heavy (non-hydrogen) atoms. The number of aromatic nitrogens is 1. The van der Waals surface area contributed by atoms with Crippen molar-refractivity contribution >= 4 is 33.4 Å². The number of sulfonamides is 1. The first-order chi connectivity index (χ1) is 20.8. The van der Waals surface area contributed by atoms with Gasteiger partial charge in [0.2, 0.25) is 5.91 Å². The summed E-state index contributed by atoms with van der Waals surface area (Å²) in [4.78, 5) is 30.9. The number of nitrogens with zero attached hydrogens (tertiary/aromatic N) is 4. The number of pyridine rings is 1. The summed E-state index contributed by atoms with van der Waals surface area (Å²) in [5.74, 6) is -1.67. The molecule has 1 atom stereocenters. The second-order valence-corrected chi connectivity index (χ2v) is 12.2. The molecule has 3 heterocycles. The number of hydrogen-bond acceptors (Lipinski definition) is 7. The zero-order valence-corrected chi connectivity index (χ0v) is 24.2. The lowest BCUT2D eigenvalue weighted by molar-refractivity contribution is -0.141. The van der Waals surface area contributed by atoms with Crippen molar-refractivity contribution in [2.24, 2.45) is 0 Å². The summed E-state index contributed by atoms with van der Waals surface area (Å²) in [6.45, 7) is 2.27. The molecule has 2 aromatic carbocycles. The van der Waals surface area contributed by atoms with E-state index in [9.17, 15) is 35.6 Å². The molecule has 0 spiro atoms. The van der Waals surface area contributed by atoms with E-state index in [1.165, 1.54) is 29.3 Å². The van der Waals surface area contributed by atoms with Crippen molar-refractivity contribution in [2.45, 2.75) is 36.9 Å². The van der Waals surface area contributed by atoms with Gasteiger partial charge in [-0.2, -0.15) is 13.2 Å². The first-order valence-corrected chi connectivity index (χ1v) is 15.1. The van der Waals surface area contributed by atoms with Gasteiger partial charge in [0, 0.05) is 43.9 Å². The molecule has 1 amide bonds. The molecule has 3 aromatic rings. The number of carbonyl (C=O) groups excluding carboxylic acids is 1. The molecule has 1 N–H and O–H groups in total. The van der Waals surface area contributed by atoms with Crippen molar-refractivity contribution in [1.82, 2.24) is 9.88 Å². The number of rotatable bonds is 8. The predicted octanol–water partition coefficient (Wildman–Crippen LogP) is 4.40. The van der Waals surface area contributed by atoms with Gasteiger partial charge in [0.1, 0.15) is 11.6 Å². The molecule has 1 saturated heterocycles. The lowest BCUT2D eigenvalue weighted by Gasteiger charge is -2.48. The van der Waals surface area contributed by atoms with Crippen LogP contribution in [0.5, 0.6) is 5.75 Å². The van der Waals surface area contributed by atoms with E-state index in [1.54, 1.807) is 13.0 Å². The molecule has 15 heteroatoms. The number of carboxylic acids is 1. The first kappa shape index (κ1) is 31.0. The second kappa shape index (κ2) is 11.9. The summed E-state index contributed by atoms with van der Waals surface area (Å²) >= 11 is 0. The maximum Gasteiger partial charge on any atom is 0.416 e. The molecular formula is C29H28F4N4O6S. The average molecular weight is 637 g/mol. The number of anilines is 2. The van der Waals surface area contributed by atoms with Crippen LogP contribution in [0.1, 0.15) is 25.3 Å². The Balaban J connectivity index is 1.59. The Morgan fingerprint density at radius 3 is 2.52 bits per heavy atom. The van der Waals surface area contributed by atoms with Crippen LogP contribution >= 0.6 is 0 Å². The SMILES string of the molecule is CCOc1cc(F)cc(-c2cnc3c(c2)N(S(=O)(=O)c2cccc(C(F)(F)F)c2)C[C@@H]2CN(C(=O)CCC(=O)O)CCN32)c1. The van der Waals surface area contributed by atoms with Gasteiger partial charge in [0.15, 0.2) is 5.82 Å². The lowest BCUT2D eigenvalue weighted by atomic mass is 10.0. The molecule has 1 aromatic heterocycles. The maximum atomic E-state index is 14.4. The number of carbonyl (C=O) groups is 2. The fraction of sp³-hybridized carbons (Fsp3) is 0.345. The van der Waals surface area contributed by atoms with Crippen molar-refractivity contribution < 1.29 is 45.4 Å². The Hall–Kier alpha value is -4.40. The molecule has 0 saturated carbocycles. The number of hydrogen-bond donors (Lipinski definition) is 1. The van der Waals surface area contributed by atoms with Gasteiger partial charge in [-0.3, -0.25) is 13.9 Å². The van der Waals surface area contributed by atoms with E-state index in [-0.39, 0.29) is 62.9 Å². The fourth-order valence-corrected chi connectivity index (χ4v) is 6.90. The van der Waals surface area contributed by atoms with Gasteiger partial charge in [0.25, 0.3) is 10.0 Å². The molecule has 0 radical (unpaired) electrons. The zero-order valence-electron chi connectivity index (χ0n) is 23.4. The van der Waals surface area contributed by atoms with Gasteiger partial charge >= 0.3 is 12.1 Å². The largest absolute Gasteiger partial charge is 0.494 e. The number of alkyl halides is 3. The predicted molar refractivity (Wildman–Crippen MR) is 151 cm³/mol. The Labute approximate surface area is 250 Å². The highest BCUT2D eigenvalue weighted by Gasteiger charge is 2.42. The van der Waals surface area contributed by atoms with Crippen LogP contribution in [0.2, 0.25) is 0 Å². The number of aliphatic carboxylic acids is 1.